The molecule has 2 aromatic heterocycles. The average Bonchev–Trinajstić information content (AvgIpc) is 3.06. The van der Waals surface area contributed by atoms with Crippen LogP contribution in [0.4, 0.5) is 5.82 Å². The Morgan fingerprint density at radius 3 is 2.62 bits per heavy atom. The molecule has 0 saturated carbocycles. The molecule has 3 rings (SSSR count). The predicted molar refractivity (Wildman–Crippen MR) is 93.6 cm³/mol. The van der Waals surface area contributed by atoms with Crippen LogP contribution in [-0.2, 0) is 11.2 Å². The molecular weight excluding hydrogens is 326 g/mol. The van der Waals surface area contributed by atoms with Gasteiger partial charge in [0.2, 0.25) is 5.91 Å². The third-order valence-corrected chi connectivity index (χ3v) is 3.78. The maximum absolute atomic E-state index is 12.2. The normalized spacial score (nSPS) is 11.9. The first-order chi connectivity index (χ1) is 11.6. The van der Waals surface area contributed by atoms with Crippen LogP contribution in [0.2, 0.25) is 5.02 Å². The number of hydrogen-bond donors (Lipinski definition) is 3. The second-order valence-electron chi connectivity index (χ2n) is 5.33. The van der Waals surface area contributed by atoms with Crippen molar-refractivity contribution in [3.05, 3.63) is 65.4 Å². The van der Waals surface area contributed by atoms with Crippen LogP contribution < -0.4 is 11.1 Å². The van der Waals surface area contributed by atoms with E-state index in [2.05, 4.69) is 20.5 Å². The summed E-state index contributed by atoms with van der Waals surface area (Å²) in [6, 6.07) is 12.0. The SMILES string of the molecule is NC(Cc1ccc(Cl)cc1)C(=O)Nc1cc(-c2ccncc2)[nH]n1. The Labute approximate surface area is 144 Å². The lowest BCUT2D eigenvalue weighted by Crippen LogP contribution is -2.37. The quantitative estimate of drug-likeness (QED) is 0.664. The minimum atomic E-state index is -0.674. The fourth-order valence-corrected chi connectivity index (χ4v) is 2.38. The Bertz CT molecular complexity index is 817. The fourth-order valence-electron chi connectivity index (χ4n) is 2.25. The lowest BCUT2D eigenvalue weighted by Gasteiger charge is -2.10. The van der Waals surface area contributed by atoms with Crippen LogP contribution >= 0.6 is 11.6 Å². The molecule has 1 amide bonds. The number of nitrogens with two attached hydrogens (primary N) is 1. The number of aromatic amines is 1. The number of aromatic nitrogens is 3. The summed E-state index contributed by atoms with van der Waals surface area (Å²) in [7, 11) is 0. The largest absolute Gasteiger partial charge is 0.320 e. The third kappa shape index (κ3) is 3.98. The van der Waals surface area contributed by atoms with Gasteiger partial charge in [-0.15, -0.1) is 0 Å². The first-order valence-corrected chi connectivity index (χ1v) is 7.76. The van der Waals surface area contributed by atoms with E-state index in [1.165, 1.54) is 0 Å². The summed E-state index contributed by atoms with van der Waals surface area (Å²) in [4.78, 5) is 16.2. The second-order valence-corrected chi connectivity index (χ2v) is 5.77. The van der Waals surface area contributed by atoms with E-state index < -0.39 is 6.04 Å². The van der Waals surface area contributed by atoms with Gasteiger partial charge in [-0.25, -0.2) is 0 Å². The van der Waals surface area contributed by atoms with Gasteiger partial charge in [-0.2, -0.15) is 5.10 Å². The highest BCUT2D eigenvalue weighted by atomic mass is 35.5. The van der Waals surface area contributed by atoms with E-state index in [9.17, 15) is 4.79 Å². The molecule has 2 heterocycles. The molecule has 6 nitrogen and oxygen atoms in total. The van der Waals surface area contributed by atoms with Crippen molar-refractivity contribution in [1.82, 2.24) is 15.2 Å². The number of hydrogen-bond acceptors (Lipinski definition) is 4. The van der Waals surface area contributed by atoms with Gasteiger partial charge in [0.1, 0.15) is 0 Å². The molecule has 0 aliphatic heterocycles. The molecule has 0 radical (unpaired) electrons. The lowest BCUT2D eigenvalue weighted by atomic mass is 10.1. The van der Waals surface area contributed by atoms with Crippen molar-refractivity contribution in [2.24, 2.45) is 5.73 Å². The molecule has 0 aliphatic rings. The summed E-state index contributed by atoms with van der Waals surface area (Å²) in [5.41, 5.74) is 8.63. The van der Waals surface area contributed by atoms with Crippen LogP contribution in [0.3, 0.4) is 0 Å². The molecule has 0 spiro atoms. The van der Waals surface area contributed by atoms with Crippen molar-refractivity contribution in [2.45, 2.75) is 12.5 Å². The summed E-state index contributed by atoms with van der Waals surface area (Å²) in [6.45, 7) is 0. The summed E-state index contributed by atoms with van der Waals surface area (Å²) in [5.74, 6) is 0.135. The molecule has 7 heteroatoms. The van der Waals surface area contributed by atoms with Crippen molar-refractivity contribution < 1.29 is 4.79 Å². The Balaban J connectivity index is 1.62. The smallest absolute Gasteiger partial charge is 0.242 e. The number of halogens is 1. The molecule has 0 saturated heterocycles. The molecule has 0 fully saturated rings. The van der Waals surface area contributed by atoms with Crippen molar-refractivity contribution in [3.63, 3.8) is 0 Å². The van der Waals surface area contributed by atoms with E-state index in [1.807, 2.05) is 24.3 Å². The van der Waals surface area contributed by atoms with E-state index in [1.54, 1.807) is 30.6 Å². The predicted octanol–water partition coefficient (Wildman–Crippen LogP) is 2.63. The topological polar surface area (TPSA) is 96.7 Å². The van der Waals surface area contributed by atoms with E-state index in [0.29, 0.717) is 17.3 Å². The number of nitrogens with zero attached hydrogens (tertiary/aromatic N) is 2. The zero-order valence-electron chi connectivity index (χ0n) is 12.7. The molecule has 1 unspecified atom stereocenters. The highest BCUT2D eigenvalue weighted by Gasteiger charge is 2.16. The Kier molecular flexibility index (Phi) is 4.88. The number of carbonyl (C=O) groups is 1. The number of anilines is 1. The molecule has 4 N–H and O–H groups in total. The van der Waals surface area contributed by atoms with E-state index in [0.717, 1.165) is 16.8 Å². The van der Waals surface area contributed by atoms with Gasteiger partial charge < -0.3 is 11.1 Å². The maximum atomic E-state index is 12.2. The van der Waals surface area contributed by atoms with Gasteiger partial charge in [-0.1, -0.05) is 23.7 Å². The summed E-state index contributed by atoms with van der Waals surface area (Å²) in [5, 5.41) is 10.3. The summed E-state index contributed by atoms with van der Waals surface area (Å²) >= 11 is 5.84. The van der Waals surface area contributed by atoms with Gasteiger partial charge in [0.05, 0.1) is 11.7 Å². The van der Waals surface area contributed by atoms with Crippen molar-refractivity contribution in [3.8, 4) is 11.3 Å². The van der Waals surface area contributed by atoms with Crippen molar-refractivity contribution in [2.75, 3.05) is 5.32 Å². The Morgan fingerprint density at radius 2 is 1.92 bits per heavy atom. The summed E-state index contributed by atoms with van der Waals surface area (Å²) < 4.78 is 0. The molecule has 0 aliphatic carbocycles. The van der Waals surface area contributed by atoms with Crippen LogP contribution in [0, 0.1) is 0 Å². The van der Waals surface area contributed by atoms with Crippen LogP contribution in [0.15, 0.2) is 54.9 Å². The standard InChI is InChI=1S/C17H16ClN5O/c18-13-3-1-11(2-4-13)9-14(19)17(24)21-16-10-15(22-23-16)12-5-7-20-8-6-12/h1-8,10,14H,9,19H2,(H2,21,22,23,24). The average molecular weight is 342 g/mol. The minimum Gasteiger partial charge on any atom is -0.320 e. The van der Waals surface area contributed by atoms with Crippen molar-refractivity contribution in [1.29, 1.82) is 0 Å². The summed E-state index contributed by atoms with van der Waals surface area (Å²) in [6.07, 6.45) is 3.80. The van der Waals surface area contributed by atoms with Gasteiger partial charge in [0.15, 0.2) is 5.82 Å². The first-order valence-electron chi connectivity index (χ1n) is 7.38. The highest BCUT2D eigenvalue weighted by Crippen LogP contribution is 2.18. The number of benzene rings is 1. The highest BCUT2D eigenvalue weighted by molar-refractivity contribution is 6.30. The number of amides is 1. The number of carbonyl (C=O) groups excluding carboxylic acids is 1. The van der Waals surface area contributed by atoms with Crippen LogP contribution in [0.25, 0.3) is 11.3 Å². The molecule has 1 atom stereocenters. The monoisotopic (exact) mass is 341 g/mol. The molecule has 1 aromatic carbocycles. The van der Waals surface area contributed by atoms with Gasteiger partial charge in [0, 0.05) is 29.0 Å². The minimum absolute atomic E-state index is 0.294. The maximum Gasteiger partial charge on any atom is 0.242 e. The Morgan fingerprint density at radius 1 is 1.21 bits per heavy atom. The van der Waals surface area contributed by atoms with Gasteiger partial charge in [-0.05, 0) is 36.2 Å². The number of H-pyrrole nitrogens is 1. The van der Waals surface area contributed by atoms with Gasteiger partial charge >= 0.3 is 0 Å². The third-order valence-electron chi connectivity index (χ3n) is 3.53. The van der Waals surface area contributed by atoms with E-state index in [-0.39, 0.29) is 5.91 Å². The molecule has 3 aromatic rings. The zero-order chi connectivity index (χ0) is 16.9. The molecule has 0 bridgehead atoms. The van der Waals surface area contributed by atoms with Crippen LogP contribution in [-0.4, -0.2) is 27.1 Å². The second kappa shape index (κ2) is 7.25. The zero-order valence-corrected chi connectivity index (χ0v) is 13.5. The number of pyridine rings is 1. The van der Waals surface area contributed by atoms with E-state index >= 15 is 0 Å². The number of nitrogens with one attached hydrogen (secondary N) is 2. The Hall–Kier alpha value is -2.70. The lowest BCUT2D eigenvalue weighted by molar-refractivity contribution is -0.117. The van der Waals surface area contributed by atoms with Crippen LogP contribution in [0.5, 0.6) is 0 Å². The first kappa shape index (κ1) is 16.2. The molecule has 122 valence electrons. The molecule has 24 heavy (non-hydrogen) atoms. The van der Waals surface area contributed by atoms with Gasteiger partial charge in [-0.3, -0.25) is 14.9 Å². The van der Waals surface area contributed by atoms with Crippen molar-refractivity contribution >= 4 is 23.3 Å². The van der Waals surface area contributed by atoms with Crippen LogP contribution in [0.1, 0.15) is 5.56 Å². The van der Waals surface area contributed by atoms with E-state index in [4.69, 9.17) is 17.3 Å². The number of rotatable bonds is 5. The molecular formula is C17H16ClN5O. The van der Waals surface area contributed by atoms with Gasteiger partial charge in [0.25, 0.3) is 0 Å². The fraction of sp³-hybridized carbons (Fsp3) is 0.118.